The molecule has 0 spiro atoms. The molecule has 1 atom stereocenters. The van der Waals surface area contributed by atoms with Gasteiger partial charge in [0.25, 0.3) is 5.91 Å². The summed E-state index contributed by atoms with van der Waals surface area (Å²) in [5, 5.41) is 11.5. The first-order valence-corrected chi connectivity index (χ1v) is 6.96. The Labute approximate surface area is 115 Å². The highest BCUT2D eigenvalue weighted by atomic mass is 32.1. The minimum Gasteiger partial charge on any atom is -0.479 e. The average molecular weight is 284 g/mol. The summed E-state index contributed by atoms with van der Waals surface area (Å²) in [6, 6.07) is 0. The van der Waals surface area contributed by atoms with Gasteiger partial charge in [-0.15, -0.1) is 11.3 Å². The average Bonchev–Trinajstić information content (AvgIpc) is 2.87. The van der Waals surface area contributed by atoms with Gasteiger partial charge < -0.3 is 14.7 Å². The van der Waals surface area contributed by atoms with Gasteiger partial charge in [0.2, 0.25) is 0 Å². The monoisotopic (exact) mass is 284 g/mol. The van der Waals surface area contributed by atoms with E-state index in [1.165, 1.54) is 16.2 Å². The van der Waals surface area contributed by atoms with Gasteiger partial charge in [-0.1, -0.05) is 13.8 Å². The van der Waals surface area contributed by atoms with Gasteiger partial charge in [0, 0.05) is 17.8 Å². The predicted molar refractivity (Wildman–Crippen MR) is 69.5 cm³/mol. The van der Waals surface area contributed by atoms with Gasteiger partial charge in [0.05, 0.1) is 18.2 Å². The molecule has 0 saturated carbocycles. The number of aliphatic carboxylic acids is 1. The molecule has 19 heavy (non-hydrogen) atoms. The van der Waals surface area contributed by atoms with E-state index in [1.54, 1.807) is 5.38 Å². The molecule has 2 rings (SSSR count). The van der Waals surface area contributed by atoms with Gasteiger partial charge in [0.1, 0.15) is 5.69 Å². The van der Waals surface area contributed by atoms with Crippen molar-refractivity contribution >= 4 is 23.2 Å². The highest BCUT2D eigenvalue weighted by molar-refractivity contribution is 7.09. The summed E-state index contributed by atoms with van der Waals surface area (Å²) in [5.74, 6) is -0.987. The molecule has 0 aromatic carbocycles. The standard InChI is InChI=1S/C12H16N2O4S/c1-7(2)10-13-8(6-19-10)11(15)14-3-4-18-9(5-14)12(16)17/h6-7,9H,3-5H2,1-2H3,(H,16,17)/t9-/m0/s1. The SMILES string of the molecule is CC(C)c1nc(C(=O)N2CCO[C@H](C(=O)O)C2)cs1. The molecule has 6 nitrogen and oxygen atoms in total. The quantitative estimate of drug-likeness (QED) is 0.902. The van der Waals surface area contributed by atoms with E-state index < -0.39 is 12.1 Å². The highest BCUT2D eigenvalue weighted by Gasteiger charge is 2.30. The van der Waals surface area contributed by atoms with E-state index >= 15 is 0 Å². The van der Waals surface area contributed by atoms with Crippen molar-refractivity contribution in [2.45, 2.75) is 25.9 Å². The zero-order valence-corrected chi connectivity index (χ0v) is 11.6. The lowest BCUT2D eigenvalue weighted by Gasteiger charge is -2.30. The van der Waals surface area contributed by atoms with Crippen LogP contribution in [0.15, 0.2) is 5.38 Å². The van der Waals surface area contributed by atoms with Crippen molar-refractivity contribution in [3.8, 4) is 0 Å². The molecule has 0 aliphatic carbocycles. The summed E-state index contributed by atoms with van der Waals surface area (Å²) in [4.78, 5) is 28.9. The number of amides is 1. The minimum absolute atomic E-state index is 0.0721. The van der Waals surface area contributed by atoms with Crippen molar-refractivity contribution in [1.82, 2.24) is 9.88 Å². The summed E-state index contributed by atoms with van der Waals surface area (Å²) < 4.78 is 5.09. The molecule has 2 heterocycles. The molecule has 1 saturated heterocycles. The molecular formula is C12H16N2O4S. The third-order valence-electron chi connectivity index (χ3n) is 2.86. The molecule has 0 unspecified atom stereocenters. The first kappa shape index (κ1) is 14.0. The van der Waals surface area contributed by atoms with Crippen molar-refractivity contribution < 1.29 is 19.4 Å². The molecule has 1 aromatic rings. The van der Waals surface area contributed by atoms with E-state index in [4.69, 9.17) is 9.84 Å². The van der Waals surface area contributed by atoms with Gasteiger partial charge in [-0.25, -0.2) is 9.78 Å². The summed E-state index contributed by atoms with van der Waals surface area (Å²) in [6.07, 6.45) is -0.944. The van der Waals surface area contributed by atoms with Crippen LogP contribution in [-0.4, -0.2) is 52.7 Å². The van der Waals surface area contributed by atoms with Crippen molar-refractivity contribution in [2.24, 2.45) is 0 Å². The van der Waals surface area contributed by atoms with E-state index in [0.29, 0.717) is 12.2 Å². The second kappa shape index (κ2) is 5.66. The molecule has 0 bridgehead atoms. The second-order valence-corrected chi connectivity index (χ2v) is 5.56. The maximum atomic E-state index is 12.2. The number of carboxylic acid groups (broad SMARTS) is 1. The van der Waals surface area contributed by atoms with Crippen molar-refractivity contribution in [3.63, 3.8) is 0 Å². The van der Waals surface area contributed by atoms with E-state index in [9.17, 15) is 9.59 Å². The van der Waals surface area contributed by atoms with Gasteiger partial charge in [-0.05, 0) is 0 Å². The Morgan fingerprint density at radius 1 is 1.58 bits per heavy atom. The Kier molecular flexibility index (Phi) is 4.16. The predicted octanol–water partition coefficient (Wildman–Crippen LogP) is 1.19. The van der Waals surface area contributed by atoms with Crippen LogP contribution in [0.2, 0.25) is 0 Å². The topological polar surface area (TPSA) is 79.7 Å². The van der Waals surface area contributed by atoms with Crippen LogP contribution in [0.1, 0.15) is 35.3 Å². The minimum atomic E-state index is -1.04. The third kappa shape index (κ3) is 3.10. The normalized spacial score (nSPS) is 19.7. The Hall–Kier alpha value is -1.47. The smallest absolute Gasteiger partial charge is 0.334 e. The van der Waals surface area contributed by atoms with E-state index in [0.717, 1.165) is 5.01 Å². The van der Waals surface area contributed by atoms with Crippen molar-refractivity contribution in [3.05, 3.63) is 16.1 Å². The largest absolute Gasteiger partial charge is 0.479 e. The lowest BCUT2D eigenvalue weighted by atomic mass is 10.2. The van der Waals surface area contributed by atoms with Crippen molar-refractivity contribution in [2.75, 3.05) is 19.7 Å². The molecule has 1 aliphatic heterocycles. The van der Waals surface area contributed by atoms with E-state index in [2.05, 4.69) is 4.98 Å². The van der Waals surface area contributed by atoms with Crippen LogP contribution in [0, 0.1) is 0 Å². The fourth-order valence-electron chi connectivity index (χ4n) is 1.80. The third-order valence-corrected chi connectivity index (χ3v) is 4.01. The van der Waals surface area contributed by atoms with Crippen LogP contribution in [0.4, 0.5) is 0 Å². The summed E-state index contributed by atoms with van der Waals surface area (Å²) in [7, 11) is 0. The van der Waals surface area contributed by atoms with Crippen LogP contribution in [0.5, 0.6) is 0 Å². The first-order chi connectivity index (χ1) is 8.99. The van der Waals surface area contributed by atoms with Crippen LogP contribution in [-0.2, 0) is 9.53 Å². The molecular weight excluding hydrogens is 268 g/mol. The molecule has 1 amide bonds. The molecule has 104 valence electrons. The number of carboxylic acids is 1. The fraction of sp³-hybridized carbons (Fsp3) is 0.583. The maximum Gasteiger partial charge on any atom is 0.334 e. The maximum absolute atomic E-state index is 12.2. The number of thiazole rings is 1. The van der Waals surface area contributed by atoms with E-state index in [1.807, 2.05) is 13.8 Å². The number of rotatable bonds is 3. The molecule has 1 N–H and O–H groups in total. The van der Waals surface area contributed by atoms with Gasteiger partial charge in [-0.2, -0.15) is 0 Å². The number of hydrogen-bond donors (Lipinski definition) is 1. The number of carbonyl (C=O) groups is 2. The lowest BCUT2D eigenvalue weighted by Crippen LogP contribution is -2.48. The summed E-state index contributed by atoms with van der Waals surface area (Å²) in [5.41, 5.74) is 0.389. The fourth-order valence-corrected chi connectivity index (χ4v) is 2.61. The molecule has 7 heteroatoms. The zero-order valence-electron chi connectivity index (χ0n) is 10.8. The van der Waals surface area contributed by atoms with E-state index in [-0.39, 0.29) is 25.0 Å². The van der Waals surface area contributed by atoms with Crippen LogP contribution < -0.4 is 0 Å². The summed E-state index contributed by atoms with van der Waals surface area (Å²) in [6.45, 7) is 4.74. The van der Waals surface area contributed by atoms with Gasteiger partial charge in [-0.3, -0.25) is 4.79 Å². The number of hydrogen-bond acceptors (Lipinski definition) is 5. The van der Waals surface area contributed by atoms with Gasteiger partial charge >= 0.3 is 5.97 Å². The molecule has 1 aliphatic rings. The number of ether oxygens (including phenoxy) is 1. The van der Waals surface area contributed by atoms with Crippen LogP contribution >= 0.6 is 11.3 Å². The Morgan fingerprint density at radius 3 is 2.89 bits per heavy atom. The van der Waals surface area contributed by atoms with Crippen LogP contribution in [0.3, 0.4) is 0 Å². The highest BCUT2D eigenvalue weighted by Crippen LogP contribution is 2.20. The Balaban J connectivity index is 2.08. The lowest BCUT2D eigenvalue weighted by molar-refractivity contribution is -0.154. The molecule has 1 aromatic heterocycles. The molecule has 1 fully saturated rings. The zero-order chi connectivity index (χ0) is 14.0. The number of aromatic nitrogens is 1. The van der Waals surface area contributed by atoms with Gasteiger partial charge in [0.15, 0.2) is 6.10 Å². The second-order valence-electron chi connectivity index (χ2n) is 4.67. The number of morpholine rings is 1. The summed E-state index contributed by atoms with van der Waals surface area (Å²) >= 11 is 1.45. The Morgan fingerprint density at radius 2 is 2.32 bits per heavy atom. The van der Waals surface area contributed by atoms with Crippen molar-refractivity contribution in [1.29, 1.82) is 0 Å². The Bertz CT molecular complexity index is 486. The first-order valence-electron chi connectivity index (χ1n) is 6.08. The number of nitrogens with zero attached hydrogens (tertiary/aromatic N) is 2. The number of carbonyl (C=O) groups excluding carboxylic acids is 1. The molecule has 0 radical (unpaired) electrons. The van der Waals surface area contributed by atoms with Crippen LogP contribution in [0.25, 0.3) is 0 Å².